The lowest BCUT2D eigenvalue weighted by molar-refractivity contribution is -0.302. The number of carbonyl (C=O) groups excluding carboxylic acids is 1. The molecule has 1 saturated heterocycles. The van der Waals surface area contributed by atoms with E-state index >= 15 is 0 Å². The van der Waals surface area contributed by atoms with Crippen molar-refractivity contribution < 1.29 is 39.8 Å². The Morgan fingerprint density at radius 3 is 1.09 bits per heavy atom. The van der Waals surface area contributed by atoms with E-state index in [0.29, 0.717) is 12.8 Å². The predicted octanol–water partition coefficient (Wildman–Crippen LogP) is 17.1. The van der Waals surface area contributed by atoms with E-state index in [2.05, 4.69) is 31.3 Å². The minimum atomic E-state index is -1.55. The number of allylic oxidation sites excluding steroid dienone is 2. The van der Waals surface area contributed by atoms with Crippen LogP contribution in [-0.4, -0.2) is 87.5 Å². The van der Waals surface area contributed by atoms with Crippen LogP contribution in [0.25, 0.3) is 0 Å². The number of aliphatic hydroxyl groups is 5. The van der Waals surface area contributed by atoms with E-state index in [0.717, 1.165) is 38.5 Å². The maximum Gasteiger partial charge on any atom is 0.220 e. The van der Waals surface area contributed by atoms with Crippen molar-refractivity contribution >= 4 is 5.91 Å². The summed E-state index contributed by atoms with van der Waals surface area (Å²) < 4.78 is 11.4. The minimum Gasteiger partial charge on any atom is -0.394 e. The second-order valence-electron chi connectivity index (χ2n) is 23.3. The molecule has 9 nitrogen and oxygen atoms in total. The van der Waals surface area contributed by atoms with Crippen LogP contribution in [0.2, 0.25) is 0 Å². The first kappa shape index (κ1) is 70.9. The summed E-state index contributed by atoms with van der Waals surface area (Å²) in [6, 6.07) is -0.718. The molecule has 440 valence electrons. The number of unbranched alkanes of at least 4 members (excludes halogenated alkanes) is 46. The molecule has 74 heavy (non-hydrogen) atoms. The highest BCUT2D eigenvalue weighted by atomic mass is 16.7. The fraction of sp³-hybridized carbons (Fsp3) is 0.954. The van der Waals surface area contributed by atoms with Gasteiger partial charge in [0.1, 0.15) is 24.4 Å². The molecule has 1 aliphatic rings. The Morgan fingerprint density at radius 2 is 0.757 bits per heavy atom. The Bertz CT molecular complexity index is 1170. The van der Waals surface area contributed by atoms with E-state index in [-0.39, 0.29) is 12.5 Å². The quantitative estimate of drug-likeness (QED) is 0.0261. The summed E-state index contributed by atoms with van der Waals surface area (Å²) in [4.78, 5) is 13.1. The minimum absolute atomic E-state index is 0.134. The van der Waals surface area contributed by atoms with Crippen molar-refractivity contribution in [3.63, 3.8) is 0 Å². The molecule has 1 aliphatic heterocycles. The molecule has 1 rings (SSSR count). The SMILES string of the molecule is CCCCCCCCCCCCCC/C=C\CCCCCCCCCCCCC(=O)NC(COC1OC(CO)C(O)C(O)C1O)C(O)CCCCCCCCCCCCCCCCCCCCCCCCCCC. The number of ether oxygens (including phenoxy) is 2. The first-order valence-corrected chi connectivity index (χ1v) is 32.9. The summed E-state index contributed by atoms with van der Waals surface area (Å²) in [5, 5.41) is 54.9. The van der Waals surface area contributed by atoms with Crippen LogP contribution < -0.4 is 5.32 Å². The van der Waals surface area contributed by atoms with Gasteiger partial charge in [0.15, 0.2) is 6.29 Å². The molecule has 6 N–H and O–H groups in total. The highest BCUT2D eigenvalue weighted by Crippen LogP contribution is 2.24. The third-order valence-electron chi connectivity index (χ3n) is 16.1. The molecule has 1 amide bonds. The number of carbonyl (C=O) groups is 1. The number of nitrogens with one attached hydrogen (secondary N) is 1. The van der Waals surface area contributed by atoms with E-state index in [1.165, 1.54) is 276 Å². The van der Waals surface area contributed by atoms with Gasteiger partial charge in [-0.1, -0.05) is 309 Å². The lowest BCUT2D eigenvalue weighted by Crippen LogP contribution is -2.60. The van der Waals surface area contributed by atoms with Crippen LogP contribution in [-0.2, 0) is 14.3 Å². The van der Waals surface area contributed by atoms with Gasteiger partial charge in [0.25, 0.3) is 0 Å². The van der Waals surface area contributed by atoms with Crippen LogP contribution in [0.1, 0.15) is 341 Å². The van der Waals surface area contributed by atoms with E-state index in [4.69, 9.17) is 9.47 Å². The predicted molar refractivity (Wildman–Crippen MR) is 314 cm³/mol. The maximum absolute atomic E-state index is 13.1. The fourth-order valence-electron chi connectivity index (χ4n) is 10.9. The van der Waals surface area contributed by atoms with Crippen LogP contribution in [0.5, 0.6) is 0 Å². The van der Waals surface area contributed by atoms with Gasteiger partial charge >= 0.3 is 0 Å². The third kappa shape index (κ3) is 43.9. The van der Waals surface area contributed by atoms with Crippen molar-refractivity contribution in [2.45, 2.75) is 384 Å². The van der Waals surface area contributed by atoms with Crippen molar-refractivity contribution in [1.82, 2.24) is 5.32 Å². The number of rotatable bonds is 58. The van der Waals surface area contributed by atoms with Gasteiger partial charge in [-0.2, -0.15) is 0 Å². The van der Waals surface area contributed by atoms with Crippen LogP contribution >= 0.6 is 0 Å². The molecule has 9 heteroatoms. The molecule has 1 heterocycles. The topological polar surface area (TPSA) is 149 Å². The fourth-order valence-corrected chi connectivity index (χ4v) is 10.9. The number of hydrogen-bond donors (Lipinski definition) is 6. The zero-order valence-corrected chi connectivity index (χ0v) is 49.1. The summed E-state index contributed by atoms with van der Waals surface area (Å²) in [6.45, 7) is 3.90. The summed E-state index contributed by atoms with van der Waals surface area (Å²) in [6.07, 6.45) is 62.6. The van der Waals surface area contributed by atoms with Crippen LogP contribution in [0.15, 0.2) is 12.2 Å². The Hall–Kier alpha value is -1.07. The van der Waals surface area contributed by atoms with Gasteiger partial charge in [0.05, 0.1) is 25.4 Å². The summed E-state index contributed by atoms with van der Waals surface area (Å²) in [5.74, 6) is -0.138. The van der Waals surface area contributed by atoms with Crippen LogP contribution in [0, 0.1) is 0 Å². The van der Waals surface area contributed by atoms with Crippen molar-refractivity contribution in [1.29, 1.82) is 0 Å². The number of amides is 1. The molecule has 7 unspecified atom stereocenters. The Morgan fingerprint density at radius 1 is 0.446 bits per heavy atom. The van der Waals surface area contributed by atoms with Gasteiger partial charge in [-0.3, -0.25) is 4.79 Å². The first-order valence-electron chi connectivity index (χ1n) is 32.9. The second kappa shape index (κ2) is 55.3. The second-order valence-corrected chi connectivity index (χ2v) is 23.3. The van der Waals surface area contributed by atoms with E-state index in [9.17, 15) is 30.3 Å². The Kier molecular flexibility index (Phi) is 53.0. The molecule has 7 atom stereocenters. The van der Waals surface area contributed by atoms with Gasteiger partial charge in [-0.05, 0) is 38.5 Å². The standard InChI is InChI=1S/C65H127NO8/c1-3-5-7-9-11-13-15-17-19-21-23-25-27-29-31-33-35-37-39-41-43-45-47-49-51-53-55-61(69)66-58(57-73-65-64(72)63(71)62(70)60(56-67)74-65)59(68)54-52-50-48-46-44-42-40-38-36-34-32-30-28-26-24-22-20-18-16-14-12-10-8-6-4-2/h29,31,58-60,62-65,67-68,70-72H,3-28,30,32-57H2,1-2H3,(H,66,69)/b31-29-. The van der Waals surface area contributed by atoms with Gasteiger partial charge in [-0.25, -0.2) is 0 Å². The van der Waals surface area contributed by atoms with Gasteiger partial charge in [0.2, 0.25) is 5.91 Å². The van der Waals surface area contributed by atoms with E-state index in [1.54, 1.807) is 0 Å². The number of hydrogen-bond acceptors (Lipinski definition) is 8. The van der Waals surface area contributed by atoms with Crippen molar-refractivity contribution in [3.8, 4) is 0 Å². The van der Waals surface area contributed by atoms with Crippen LogP contribution in [0.4, 0.5) is 0 Å². The highest BCUT2D eigenvalue weighted by molar-refractivity contribution is 5.76. The van der Waals surface area contributed by atoms with Gasteiger partial charge in [0, 0.05) is 6.42 Å². The highest BCUT2D eigenvalue weighted by Gasteiger charge is 2.44. The zero-order valence-electron chi connectivity index (χ0n) is 49.1. The summed E-state index contributed by atoms with van der Waals surface area (Å²) in [5.41, 5.74) is 0. The smallest absolute Gasteiger partial charge is 0.220 e. The summed E-state index contributed by atoms with van der Waals surface area (Å²) in [7, 11) is 0. The average Bonchev–Trinajstić information content (AvgIpc) is 3.40. The molecule has 0 aliphatic carbocycles. The molecule has 0 radical (unpaired) electrons. The zero-order chi connectivity index (χ0) is 53.6. The van der Waals surface area contributed by atoms with Crippen molar-refractivity contribution in [3.05, 3.63) is 12.2 Å². The normalized spacial score (nSPS) is 18.9. The third-order valence-corrected chi connectivity index (χ3v) is 16.1. The van der Waals surface area contributed by atoms with E-state index < -0.39 is 49.5 Å². The largest absolute Gasteiger partial charge is 0.394 e. The molecule has 1 fully saturated rings. The average molecular weight is 1050 g/mol. The number of aliphatic hydroxyl groups excluding tert-OH is 5. The van der Waals surface area contributed by atoms with Gasteiger partial charge < -0.3 is 40.3 Å². The molecular formula is C65H127NO8. The van der Waals surface area contributed by atoms with Gasteiger partial charge in [-0.15, -0.1) is 0 Å². The maximum atomic E-state index is 13.1. The molecule has 0 bridgehead atoms. The Balaban J connectivity index is 2.14. The molecule has 0 saturated carbocycles. The monoisotopic (exact) mass is 1050 g/mol. The molecular weight excluding hydrogens is 923 g/mol. The lowest BCUT2D eigenvalue weighted by Gasteiger charge is -2.40. The van der Waals surface area contributed by atoms with Crippen LogP contribution in [0.3, 0.4) is 0 Å². The molecule has 0 aromatic rings. The molecule has 0 aromatic carbocycles. The molecule has 0 spiro atoms. The van der Waals surface area contributed by atoms with E-state index in [1.807, 2.05) is 0 Å². The Labute approximate surface area is 458 Å². The first-order chi connectivity index (χ1) is 36.3. The van der Waals surface area contributed by atoms with Crippen molar-refractivity contribution in [2.24, 2.45) is 0 Å². The molecule has 0 aromatic heterocycles. The summed E-state index contributed by atoms with van der Waals surface area (Å²) >= 11 is 0. The lowest BCUT2D eigenvalue weighted by atomic mass is 9.99. The van der Waals surface area contributed by atoms with Crippen molar-refractivity contribution in [2.75, 3.05) is 13.2 Å².